The summed E-state index contributed by atoms with van der Waals surface area (Å²) in [5.41, 5.74) is 2.32. The van der Waals surface area contributed by atoms with Crippen molar-refractivity contribution >= 4 is 15.9 Å². The molecule has 29 heavy (non-hydrogen) atoms. The molecule has 1 aromatic carbocycles. The highest BCUT2D eigenvalue weighted by Gasteiger charge is 2.28. The Hall–Kier alpha value is -2.16. The molecule has 0 spiro atoms. The van der Waals surface area contributed by atoms with Gasteiger partial charge in [0.15, 0.2) is 0 Å². The first-order chi connectivity index (χ1) is 13.9. The van der Waals surface area contributed by atoms with Gasteiger partial charge in [-0.2, -0.15) is 4.31 Å². The van der Waals surface area contributed by atoms with Crippen molar-refractivity contribution in [3.63, 3.8) is 0 Å². The Labute approximate surface area is 172 Å². The highest BCUT2D eigenvalue weighted by atomic mass is 32.2. The summed E-state index contributed by atoms with van der Waals surface area (Å²) >= 11 is 0. The number of benzene rings is 1. The van der Waals surface area contributed by atoms with Crippen molar-refractivity contribution in [2.45, 2.75) is 44.2 Å². The number of nitrogens with one attached hydrogen (secondary N) is 1. The van der Waals surface area contributed by atoms with Gasteiger partial charge < -0.3 is 14.6 Å². The molecule has 7 nitrogen and oxygen atoms in total. The number of nitrogens with zero attached hydrogens (tertiary/aromatic N) is 2. The van der Waals surface area contributed by atoms with Crippen LogP contribution in [-0.4, -0.2) is 42.9 Å². The summed E-state index contributed by atoms with van der Waals surface area (Å²) in [6, 6.07) is 9.25. The number of sulfonamides is 1. The lowest BCUT2D eigenvalue weighted by molar-refractivity contribution is 0.0941. The van der Waals surface area contributed by atoms with Gasteiger partial charge in [0.25, 0.3) is 5.91 Å². The number of aryl methyl sites for hydroxylation is 1. The van der Waals surface area contributed by atoms with Gasteiger partial charge in [-0.25, -0.2) is 8.42 Å². The molecule has 3 rings (SSSR count). The zero-order valence-corrected chi connectivity index (χ0v) is 17.9. The van der Waals surface area contributed by atoms with Crippen LogP contribution in [0.5, 0.6) is 0 Å². The lowest BCUT2D eigenvalue weighted by Gasteiger charge is -2.25. The Morgan fingerprint density at radius 3 is 2.52 bits per heavy atom. The number of carbonyl (C=O) groups is 1. The van der Waals surface area contributed by atoms with Crippen LogP contribution in [0.2, 0.25) is 0 Å². The Morgan fingerprint density at radius 1 is 1.14 bits per heavy atom. The third kappa shape index (κ3) is 5.07. The van der Waals surface area contributed by atoms with Crippen LogP contribution in [0.4, 0.5) is 0 Å². The van der Waals surface area contributed by atoms with E-state index in [-0.39, 0.29) is 10.8 Å². The smallest absolute Gasteiger partial charge is 0.268 e. The third-order valence-corrected chi connectivity index (χ3v) is 7.05. The predicted molar refractivity (Wildman–Crippen MR) is 111 cm³/mol. The van der Waals surface area contributed by atoms with Crippen LogP contribution in [0.3, 0.4) is 0 Å². The molecule has 158 valence electrons. The van der Waals surface area contributed by atoms with Gasteiger partial charge >= 0.3 is 0 Å². The molecule has 0 unspecified atom stereocenters. The first-order valence-corrected chi connectivity index (χ1v) is 11.5. The summed E-state index contributed by atoms with van der Waals surface area (Å²) in [6.45, 7) is 4.48. The fraction of sp³-hybridized carbons (Fsp3) is 0.476. The van der Waals surface area contributed by atoms with Crippen LogP contribution in [0.1, 0.15) is 47.8 Å². The molecule has 1 aromatic heterocycles. The summed E-state index contributed by atoms with van der Waals surface area (Å²) < 4.78 is 34.3. The highest BCUT2D eigenvalue weighted by Crippen LogP contribution is 2.22. The molecule has 0 radical (unpaired) electrons. The van der Waals surface area contributed by atoms with Crippen molar-refractivity contribution in [2.75, 3.05) is 19.7 Å². The lowest BCUT2D eigenvalue weighted by Crippen LogP contribution is -2.35. The fourth-order valence-electron chi connectivity index (χ4n) is 3.50. The van der Waals surface area contributed by atoms with E-state index in [0.717, 1.165) is 30.4 Å². The van der Waals surface area contributed by atoms with Crippen molar-refractivity contribution in [3.05, 3.63) is 53.3 Å². The zero-order chi connectivity index (χ0) is 20.9. The molecular weight excluding hydrogens is 390 g/mol. The van der Waals surface area contributed by atoms with Crippen molar-refractivity contribution in [2.24, 2.45) is 7.05 Å². The maximum absolute atomic E-state index is 12.9. The minimum atomic E-state index is -3.57. The molecule has 8 heteroatoms. The molecule has 2 aromatic rings. The molecule has 0 saturated carbocycles. The van der Waals surface area contributed by atoms with E-state index in [4.69, 9.17) is 4.74 Å². The molecule has 2 heterocycles. The monoisotopic (exact) mass is 419 g/mol. The van der Waals surface area contributed by atoms with Crippen molar-refractivity contribution in [1.29, 1.82) is 0 Å². The Bertz CT molecular complexity index is 947. The minimum absolute atomic E-state index is 0.170. The molecule has 0 atom stereocenters. The topological polar surface area (TPSA) is 80.6 Å². The molecule has 1 fully saturated rings. The van der Waals surface area contributed by atoms with Gasteiger partial charge in [-0.15, -0.1) is 0 Å². The molecule has 1 N–H and O–H groups in total. The second-order valence-electron chi connectivity index (χ2n) is 7.23. The summed E-state index contributed by atoms with van der Waals surface area (Å²) in [7, 11) is -1.88. The van der Waals surface area contributed by atoms with E-state index >= 15 is 0 Å². The maximum atomic E-state index is 12.9. The van der Waals surface area contributed by atoms with E-state index in [9.17, 15) is 13.2 Å². The van der Waals surface area contributed by atoms with Crippen LogP contribution in [0.25, 0.3) is 0 Å². The van der Waals surface area contributed by atoms with Crippen molar-refractivity contribution < 1.29 is 17.9 Å². The van der Waals surface area contributed by atoms with E-state index in [1.165, 1.54) is 16.6 Å². The number of rotatable bonds is 8. The normalized spacial score (nSPS) is 15.4. The van der Waals surface area contributed by atoms with Gasteiger partial charge in [-0.05, 0) is 37.0 Å². The van der Waals surface area contributed by atoms with Gasteiger partial charge in [0.1, 0.15) is 10.6 Å². The second-order valence-corrected chi connectivity index (χ2v) is 9.16. The molecule has 1 aliphatic rings. The standard InChI is InChI=1S/C21H29N3O4S/c1-3-28-16-18-10-6-5-9-17(18)14-22-21(25)20-13-19(15-23(20)2)29(26,27)24-11-7-4-8-12-24/h5-6,9-10,13,15H,3-4,7-8,11-12,14,16H2,1-2H3,(H,22,25). The Morgan fingerprint density at radius 2 is 1.83 bits per heavy atom. The van der Waals surface area contributed by atoms with Crippen LogP contribution >= 0.6 is 0 Å². The highest BCUT2D eigenvalue weighted by molar-refractivity contribution is 7.89. The molecule has 0 aliphatic carbocycles. The summed E-state index contributed by atoms with van der Waals surface area (Å²) in [6.07, 6.45) is 4.32. The van der Waals surface area contributed by atoms with E-state index < -0.39 is 10.0 Å². The Balaban J connectivity index is 1.71. The number of hydrogen-bond acceptors (Lipinski definition) is 4. The summed E-state index contributed by atoms with van der Waals surface area (Å²) in [5.74, 6) is -0.307. The first kappa shape index (κ1) is 21.5. The van der Waals surface area contributed by atoms with Crippen molar-refractivity contribution in [3.8, 4) is 0 Å². The van der Waals surface area contributed by atoms with Gasteiger partial charge in [-0.1, -0.05) is 30.7 Å². The summed E-state index contributed by atoms with van der Waals surface area (Å²) in [5, 5.41) is 2.89. The van der Waals surface area contributed by atoms with Crippen molar-refractivity contribution in [1.82, 2.24) is 14.2 Å². The van der Waals surface area contributed by atoms with Gasteiger partial charge in [-0.3, -0.25) is 4.79 Å². The van der Waals surface area contributed by atoms with E-state index in [2.05, 4.69) is 5.32 Å². The minimum Gasteiger partial charge on any atom is -0.377 e. The Kier molecular flexibility index (Phi) is 7.10. The van der Waals surface area contributed by atoms with Crippen LogP contribution in [0, 0.1) is 0 Å². The predicted octanol–water partition coefficient (Wildman–Crippen LogP) is 2.67. The molecule has 1 aliphatic heterocycles. The van der Waals surface area contributed by atoms with Gasteiger partial charge in [0, 0.05) is 39.5 Å². The van der Waals surface area contributed by atoms with Crippen LogP contribution < -0.4 is 5.32 Å². The SMILES string of the molecule is CCOCc1ccccc1CNC(=O)c1cc(S(=O)(=O)N2CCCCC2)cn1C. The number of aromatic nitrogens is 1. The van der Waals surface area contributed by atoms with E-state index in [1.807, 2.05) is 31.2 Å². The zero-order valence-electron chi connectivity index (χ0n) is 17.1. The molecule has 1 amide bonds. The number of amides is 1. The van der Waals surface area contributed by atoms with Crippen LogP contribution in [-0.2, 0) is 35.0 Å². The molecule has 1 saturated heterocycles. The first-order valence-electron chi connectivity index (χ1n) is 10.0. The number of carbonyl (C=O) groups excluding carboxylic acids is 1. The quantitative estimate of drug-likeness (QED) is 0.713. The van der Waals surface area contributed by atoms with E-state index in [1.54, 1.807) is 11.6 Å². The number of piperidine rings is 1. The average molecular weight is 420 g/mol. The second kappa shape index (κ2) is 9.56. The number of ether oxygens (including phenoxy) is 1. The lowest BCUT2D eigenvalue weighted by atomic mass is 10.1. The average Bonchev–Trinajstić information content (AvgIpc) is 3.14. The van der Waals surface area contributed by atoms with E-state index in [0.29, 0.717) is 38.5 Å². The van der Waals surface area contributed by atoms with Gasteiger partial charge in [0.2, 0.25) is 10.0 Å². The largest absolute Gasteiger partial charge is 0.377 e. The van der Waals surface area contributed by atoms with Crippen LogP contribution in [0.15, 0.2) is 41.4 Å². The maximum Gasteiger partial charge on any atom is 0.268 e. The molecule has 0 bridgehead atoms. The molecular formula is C21H29N3O4S. The fourth-order valence-corrected chi connectivity index (χ4v) is 5.09. The number of hydrogen-bond donors (Lipinski definition) is 1. The third-order valence-electron chi connectivity index (χ3n) is 5.18. The van der Waals surface area contributed by atoms with Gasteiger partial charge in [0.05, 0.1) is 6.61 Å². The summed E-state index contributed by atoms with van der Waals surface area (Å²) in [4.78, 5) is 12.9.